The lowest BCUT2D eigenvalue weighted by Crippen LogP contribution is -2.40. The Labute approximate surface area is 118 Å². The summed E-state index contributed by atoms with van der Waals surface area (Å²) >= 11 is 3.70. The first-order chi connectivity index (χ1) is 8.74. The molecule has 3 unspecified atom stereocenters. The maximum Gasteiger partial charge on any atom is 0.0564 e. The zero-order valence-electron chi connectivity index (χ0n) is 10.9. The van der Waals surface area contributed by atoms with Crippen LogP contribution in [0.1, 0.15) is 12.5 Å². The van der Waals surface area contributed by atoms with E-state index in [2.05, 4.69) is 42.8 Å². The van der Waals surface area contributed by atoms with E-state index in [0.717, 1.165) is 13.0 Å². The fraction of sp³-hybridized carbons (Fsp3) is 0.571. The maximum absolute atomic E-state index is 9.26. The summed E-state index contributed by atoms with van der Waals surface area (Å²) in [6.07, 6.45) is 3.21. The summed E-state index contributed by atoms with van der Waals surface area (Å²) in [4.78, 5) is 1.43. The van der Waals surface area contributed by atoms with Gasteiger partial charge in [0.15, 0.2) is 0 Å². The molecule has 3 atom stereocenters. The van der Waals surface area contributed by atoms with E-state index in [1.807, 2.05) is 11.8 Å². The molecule has 0 saturated heterocycles. The van der Waals surface area contributed by atoms with Crippen molar-refractivity contribution in [3.05, 3.63) is 29.8 Å². The smallest absolute Gasteiger partial charge is 0.0564 e. The molecule has 1 aliphatic heterocycles. The number of nitrogens with one attached hydrogen (secondary N) is 1. The summed E-state index contributed by atoms with van der Waals surface area (Å²) in [5, 5.41) is 13.7. The summed E-state index contributed by atoms with van der Waals surface area (Å²) in [7, 11) is 0. The Bertz CT molecular complexity index is 357. The van der Waals surface area contributed by atoms with Gasteiger partial charge in [-0.05, 0) is 31.2 Å². The number of hydrogen-bond acceptors (Lipinski definition) is 4. The first-order valence-corrected chi connectivity index (χ1v) is 8.53. The van der Waals surface area contributed by atoms with E-state index in [1.54, 1.807) is 11.8 Å². The second kappa shape index (κ2) is 6.85. The van der Waals surface area contributed by atoms with Crippen LogP contribution in [0.5, 0.6) is 0 Å². The molecule has 2 rings (SSSR count). The molecular weight excluding hydrogens is 262 g/mol. The van der Waals surface area contributed by atoms with E-state index in [-0.39, 0.29) is 6.61 Å². The molecule has 2 nitrogen and oxygen atoms in total. The SMILES string of the molecule is CSC(CO)C(C)NCC1Cc2ccccc2S1. The zero-order valence-corrected chi connectivity index (χ0v) is 12.6. The minimum atomic E-state index is 0.243. The predicted octanol–water partition coefficient (Wildman–Crippen LogP) is 2.41. The Balaban J connectivity index is 1.80. The summed E-state index contributed by atoms with van der Waals surface area (Å²) < 4.78 is 0. The van der Waals surface area contributed by atoms with Crippen molar-refractivity contribution in [1.29, 1.82) is 0 Å². The van der Waals surface area contributed by atoms with Gasteiger partial charge < -0.3 is 10.4 Å². The van der Waals surface area contributed by atoms with Crippen LogP contribution in [0, 0.1) is 0 Å². The van der Waals surface area contributed by atoms with Crippen LogP contribution in [-0.4, -0.2) is 41.1 Å². The molecule has 1 heterocycles. The molecule has 0 aromatic heterocycles. The second-order valence-electron chi connectivity index (χ2n) is 4.71. The average molecular weight is 283 g/mol. The maximum atomic E-state index is 9.26. The van der Waals surface area contributed by atoms with Gasteiger partial charge in [0.25, 0.3) is 0 Å². The van der Waals surface area contributed by atoms with Gasteiger partial charge in [0.1, 0.15) is 0 Å². The lowest BCUT2D eigenvalue weighted by Gasteiger charge is -2.22. The van der Waals surface area contributed by atoms with Crippen molar-refractivity contribution in [2.45, 2.75) is 34.8 Å². The lowest BCUT2D eigenvalue weighted by molar-refractivity contribution is 0.276. The fourth-order valence-corrected chi connectivity index (χ4v) is 4.17. The first kappa shape index (κ1) is 14.3. The largest absolute Gasteiger partial charge is 0.395 e. The van der Waals surface area contributed by atoms with E-state index in [1.165, 1.54) is 10.5 Å². The summed E-state index contributed by atoms with van der Waals surface area (Å²) in [5.74, 6) is 0. The third kappa shape index (κ3) is 3.44. The van der Waals surface area contributed by atoms with Crippen molar-refractivity contribution in [1.82, 2.24) is 5.32 Å². The van der Waals surface area contributed by atoms with Gasteiger partial charge in [-0.15, -0.1) is 11.8 Å². The molecular formula is C14H21NOS2. The molecule has 1 aliphatic rings. The van der Waals surface area contributed by atoms with Crippen LogP contribution in [-0.2, 0) is 6.42 Å². The monoisotopic (exact) mass is 283 g/mol. The predicted molar refractivity (Wildman–Crippen MR) is 81.6 cm³/mol. The van der Waals surface area contributed by atoms with Crippen LogP contribution in [0.4, 0.5) is 0 Å². The number of aliphatic hydroxyl groups is 1. The van der Waals surface area contributed by atoms with Gasteiger partial charge in [-0.2, -0.15) is 11.8 Å². The standard InChI is InChI=1S/C14H21NOS2/c1-10(14(9-16)17-2)15-8-12-7-11-5-3-4-6-13(11)18-12/h3-6,10,12,14-16H,7-9H2,1-2H3. The summed E-state index contributed by atoms with van der Waals surface area (Å²) in [6.45, 7) is 3.41. The van der Waals surface area contributed by atoms with Crippen LogP contribution >= 0.6 is 23.5 Å². The Hall–Kier alpha value is -0.160. The molecule has 0 saturated carbocycles. The minimum absolute atomic E-state index is 0.243. The molecule has 0 radical (unpaired) electrons. The highest BCUT2D eigenvalue weighted by Crippen LogP contribution is 2.36. The van der Waals surface area contributed by atoms with E-state index in [9.17, 15) is 5.11 Å². The quantitative estimate of drug-likeness (QED) is 0.840. The van der Waals surface area contributed by atoms with Gasteiger partial charge in [0.05, 0.1) is 6.61 Å². The molecule has 1 aromatic carbocycles. The number of aliphatic hydroxyl groups excluding tert-OH is 1. The van der Waals surface area contributed by atoms with Gasteiger partial charge in [0, 0.05) is 28.0 Å². The average Bonchev–Trinajstić information content (AvgIpc) is 2.80. The van der Waals surface area contributed by atoms with Gasteiger partial charge in [-0.1, -0.05) is 18.2 Å². The number of rotatable bonds is 6. The zero-order chi connectivity index (χ0) is 13.0. The highest BCUT2D eigenvalue weighted by atomic mass is 32.2. The van der Waals surface area contributed by atoms with E-state index in [4.69, 9.17) is 0 Å². The molecule has 0 aliphatic carbocycles. The molecule has 0 spiro atoms. The Morgan fingerprint density at radius 3 is 2.94 bits per heavy atom. The van der Waals surface area contributed by atoms with Crippen molar-refractivity contribution in [2.75, 3.05) is 19.4 Å². The third-order valence-corrected chi connectivity index (χ3v) is 5.90. The topological polar surface area (TPSA) is 32.3 Å². The molecule has 0 fully saturated rings. The number of fused-ring (bicyclic) bond motifs is 1. The summed E-state index contributed by atoms with van der Waals surface area (Å²) in [6, 6.07) is 9.02. The van der Waals surface area contributed by atoms with Crippen LogP contribution in [0.15, 0.2) is 29.2 Å². The van der Waals surface area contributed by atoms with Crippen LogP contribution in [0.3, 0.4) is 0 Å². The van der Waals surface area contributed by atoms with Gasteiger partial charge in [-0.3, -0.25) is 0 Å². The Kier molecular flexibility index (Phi) is 5.42. The number of hydrogen-bond donors (Lipinski definition) is 2. The molecule has 18 heavy (non-hydrogen) atoms. The van der Waals surface area contributed by atoms with Crippen LogP contribution < -0.4 is 5.32 Å². The Morgan fingerprint density at radius 1 is 1.50 bits per heavy atom. The fourth-order valence-electron chi connectivity index (χ4n) is 2.25. The van der Waals surface area contributed by atoms with E-state index >= 15 is 0 Å². The normalized spacial score (nSPS) is 21.6. The van der Waals surface area contributed by atoms with Crippen LogP contribution in [0.2, 0.25) is 0 Å². The van der Waals surface area contributed by atoms with Crippen molar-refractivity contribution in [3.8, 4) is 0 Å². The van der Waals surface area contributed by atoms with Gasteiger partial charge in [-0.25, -0.2) is 0 Å². The lowest BCUT2D eigenvalue weighted by atomic mass is 10.1. The molecule has 1 aromatic rings. The molecule has 2 N–H and O–H groups in total. The van der Waals surface area contributed by atoms with Crippen molar-refractivity contribution in [3.63, 3.8) is 0 Å². The van der Waals surface area contributed by atoms with E-state index in [0.29, 0.717) is 16.5 Å². The summed E-state index contributed by atoms with van der Waals surface area (Å²) in [5.41, 5.74) is 1.48. The van der Waals surface area contributed by atoms with Gasteiger partial charge >= 0.3 is 0 Å². The van der Waals surface area contributed by atoms with Crippen molar-refractivity contribution >= 4 is 23.5 Å². The first-order valence-electron chi connectivity index (χ1n) is 6.36. The minimum Gasteiger partial charge on any atom is -0.395 e. The molecule has 4 heteroatoms. The van der Waals surface area contributed by atoms with Crippen molar-refractivity contribution in [2.24, 2.45) is 0 Å². The molecule has 100 valence electrons. The number of thioether (sulfide) groups is 2. The van der Waals surface area contributed by atoms with E-state index < -0.39 is 0 Å². The molecule has 0 amide bonds. The van der Waals surface area contributed by atoms with Gasteiger partial charge in [0.2, 0.25) is 0 Å². The second-order valence-corrected chi connectivity index (χ2v) is 7.12. The Morgan fingerprint density at radius 2 is 2.28 bits per heavy atom. The highest BCUT2D eigenvalue weighted by molar-refractivity contribution is 8.00. The number of benzene rings is 1. The highest BCUT2D eigenvalue weighted by Gasteiger charge is 2.23. The van der Waals surface area contributed by atoms with Crippen molar-refractivity contribution < 1.29 is 5.11 Å². The molecule has 0 bridgehead atoms. The van der Waals surface area contributed by atoms with Crippen LogP contribution in [0.25, 0.3) is 0 Å². The third-order valence-electron chi connectivity index (χ3n) is 3.42.